The van der Waals surface area contributed by atoms with Gasteiger partial charge in [0.15, 0.2) is 0 Å². The van der Waals surface area contributed by atoms with Gasteiger partial charge in [-0.15, -0.1) is 11.8 Å². The minimum atomic E-state index is -0.547. The zero-order chi connectivity index (χ0) is 21.3. The first-order valence-corrected chi connectivity index (χ1v) is 9.57. The molecule has 29 heavy (non-hydrogen) atoms. The molecule has 0 fully saturated rings. The first-order valence-electron chi connectivity index (χ1n) is 8.58. The van der Waals surface area contributed by atoms with Crippen LogP contribution >= 0.6 is 11.8 Å². The minimum Gasteiger partial charge on any atom is -0.366 e. The van der Waals surface area contributed by atoms with Crippen molar-refractivity contribution in [2.24, 2.45) is 19.8 Å². The Labute approximate surface area is 169 Å². The molecule has 150 valence electrons. The molecule has 0 atom stereocenters. The van der Waals surface area contributed by atoms with E-state index in [1.165, 1.54) is 35.5 Å². The van der Waals surface area contributed by atoms with Gasteiger partial charge in [-0.1, -0.05) is 0 Å². The standard InChI is InChI=1S/C19H19N5O4S/c1-10-8-21-17-14(18(27)24(3)19(28)23(17)2)15(10)29-9-13(25)22-12-6-4-11(5-7-12)16(20)26/h4-8H,9H2,1-3H3,(H2,20,26)(H,22,25). The van der Waals surface area contributed by atoms with Crippen molar-refractivity contribution in [3.05, 3.63) is 62.4 Å². The summed E-state index contributed by atoms with van der Waals surface area (Å²) in [5, 5.41) is 3.03. The summed E-state index contributed by atoms with van der Waals surface area (Å²) >= 11 is 1.19. The third-order valence-electron chi connectivity index (χ3n) is 4.40. The number of rotatable bonds is 5. The highest BCUT2D eigenvalue weighted by Gasteiger charge is 2.17. The van der Waals surface area contributed by atoms with Crippen LogP contribution in [0.25, 0.3) is 11.0 Å². The van der Waals surface area contributed by atoms with Gasteiger partial charge in [-0.05, 0) is 36.8 Å². The molecule has 0 bridgehead atoms. The molecule has 0 spiro atoms. The van der Waals surface area contributed by atoms with E-state index < -0.39 is 17.2 Å². The lowest BCUT2D eigenvalue weighted by molar-refractivity contribution is -0.113. The Bertz CT molecular complexity index is 1240. The number of primary amides is 1. The molecular weight excluding hydrogens is 394 g/mol. The number of carbonyl (C=O) groups is 2. The Balaban J connectivity index is 1.86. The highest BCUT2D eigenvalue weighted by Crippen LogP contribution is 2.27. The van der Waals surface area contributed by atoms with Crippen LogP contribution in [0, 0.1) is 6.92 Å². The number of nitrogens with zero attached hydrogens (tertiary/aromatic N) is 3. The predicted molar refractivity (Wildman–Crippen MR) is 111 cm³/mol. The quantitative estimate of drug-likeness (QED) is 0.595. The Morgan fingerprint density at radius 2 is 1.79 bits per heavy atom. The molecule has 3 rings (SSSR count). The van der Waals surface area contributed by atoms with Gasteiger partial charge in [-0.25, -0.2) is 9.78 Å². The van der Waals surface area contributed by atoms with Crippen LogP contribution in [0.5, 0.6) is 0 Å². The lowest BCUT2D eigenvalue weighted by atomic mass is 10.2. The Morgan fingerprint density at radius 1 is 1.14 bits per heavy atom. The van der Waals surface area contributed by atoms with E-state index in [0.29, 0.717) is 21.5 Å². The molecule has 3 N–H and O–H groups in total. The fourth-order valence-corrected chi connectivity index (χ4v) is 3.79. The van der Waals surface area contributed by atoms with Crippen LogP contribution in [-0.2, 0) is 18.9 Å². The van der Waals surface area contributed by atoms with Crippen LogP contribution in [0.4, 0.5) is 5.69 Å². The van der Waals surface area contributed by atoms with E-state index in [-0.39, 0.29) is 17.3 Å². The maximum Gasteiger partial charge on any atom is 0.332 e. The van der Waals surface area contributed by atoms with Crippen molar-refractivity contribution in [2.75, 3.05) is 11.1 Å². The van der Waals surface area contributed by atoms with Gasteiger partial charge < -0.3 is 11.1 Å². The van der Waals surface area contributed by atoms with Crippen molar-refractivity contribution >= 4 is 40.3 Å². The Kier molecular flexibility index (Phi) is 5.55. The average molecular weight is 413 g/mol. The summed E-state index contributed by atoms with van der Waals surface area (Å²) in [6.07, 6.45) is 1.57. The Morgan fingerprint density at radius 3 is 2.41 bits per heavy atom. The van der Waals surface area contributed by atoms with Gasteiger partial charge in [-0.3, -0.25) is 23.5 Å². The summed E-state index contributed by atoms with van der Waals surface area (Å²) in [7, 11) is 2.95. The monoisotopic (exact) mass is 413 g/mol. The van der Waals surface area contributed by atoms with Crippen LogP contribution in [0.2, 0.25) is 0 Å². The number of anilines is 1. The van der Waals surface area contributed by atoms with Gasteiger partial charge in [0.25, 0.3) is 5.56 Å². The van der Waals surface area contributed by atoms with Gasteiger partial charge in [0.05, 0.1) is 11.1 Å². The highest BCUT2D eigenvalue weighted by atomic mass is 32.2. The van der Waals surface area contributed by atoms with Gasteiger partial charge in [0.2, 0.25) is 11.8 Å². The zero-order valence-electron chi connectivity index (χ0n) is 16.1. The van der Waals surface area contributed by atoms with E-state index in [1.807, 2.05) is 0 Å². The fourth-order valence-electron chi connectivity index (χ4n) is 2.84. The number of carbonyl (C=O) groups excluding carboxylic acids is 2. The predicted octanol–water partition coefficient (Wildman–Crippen LogP) is 0.770. The first-order chi connectivity index (χ1) is 13.7. The van der Waals surface area contributed by atoms with Gasteiger partial charge in [0, 0.05) is 36.4 Å². The van der Waals surface area contributed by atoms with E-state index in [4.69, 9.17) is 5.73 Å². The summed E-state index contributed by atoms with van der Waals surface area (Å²) in [6, 6.07) is 6.22. The van der Waals surface area contributed by atoms with E-state index >= 15 is 0 Å². The second-order valence-corrected chi connectivity index (χ2v) is 7.44. The average Bonchev–Trinajstić information content (AvgIpc) is 2.69. The first kappa shape index (κ1) is 20.3. The number of fused-ring (bicyclic) bond motifs is 1. The molecule has 2 amide bonds. The second kappa shape index (κ2) is 7.92. The topological polar surface area (TPSA) is 129 Å². The number of hydrogen-bond acceptors (Lipinski definition) is 6. The SMILES string of the molecule is Cc1cnc2c(c1SCC(=O)Nc1ccc(C(N)=O)cc1)c(=O)n(C)c(=O)n2C. The number of benzene rings is 1. The number of hydrogen-bond donors (Lipinski definition) is 2. The van der Waals surface area contributed by atoms with Gasteiger partial charge in [-0.2, -0.15) is 0 Å². The maximum atomic E-state index is 12.7. The normalized spacial score (nSPS) is 10.9. The van der Waals surface area contributed by atoms with Crippen LogP contribution < -0.4 is 22.3 Å². The van der Waals surface area contributed by atoms with Crippen molar-refractivity contribution in [3.8, 4) is 0 Å². The number of nitrogens with one attached hydrogen (secondary N) is 1. The van der Waals surface area contributed by atoms with E-state index in [2.05, 4.69) is 10.3 Å². The zero-order valence-corrected chi connectivity index (χ0v) is 16.9. The van der Waals surface area contributed by atoms with Crippen molar-refractivity contribution < 1.29 is 9.59 Å². The molecule has 10 heteroatoms. The molecule has 2 heterocycles. The summed E-state index contributed by atoms with van der Waals surface area (Å²) < 4.78 is 2.33. The van der Waals surface area contributed by atoms with Crippen molar-refractivity contribution in [1.29, 1.82) is 0 Å². The van der Waals surface area contributed by atoms with Crippen LogP contribution in [-0.4, -0.2) is 31.7 Å². The Hall–Kier alpha value is -3.40. The third-order valence-corrected chi connectivity index (χ3v) is 5.62. The van der Waals surface area contributed by atoms with E-state index in [1.54, 1.807) is 32.3 Å². The number of aromatic nitrogens is 3. The third kappa shape index (κ3) is 3.92. The molecule has 0 radical (unpaired) electrons. The largest absolute Gasteiger partial charge is 0.366 e. The lowest BCUT2D eigenvalue weighted by Crippen LogP contribution is -2.37. The van der Waals surface area contributed by atoms with Crippen LogP contribution in [0.3, 0.4) is 0 Å². The molecule has 2 aromatic heterocycles. The van der Waals surface area contributed by atoms with Gasteiger partial charge in [0.1, 0.15) is 5.65 Å². The molecule has 0 aliphatic heterocycles. The molecular formula is C19H19N5O4S. The summed E-state index contributed by atoms with van der Waals surface area (Å²) in [6.45, 7) is 1.79. The smallest absolute Gasteiger partial charge is 0.332 e. The summed E-state index contributed by atoms with van der Waals surface area (Å²) in [4.78, 5) is 53.1. The van der Waals surface area contributed by atoms with E-state index in [9.17, 15) is 19.2 Å². The molecule has 3 aromatic rings. The van der Waals surface area contributed by atoms with Crippen molar-refractivity contribution in [1.82, 2.24) is 14.1 Å². The van der Waals surface area contributed by atoms with Gasteiger partial charge >= 0.3 is 5.69 Å². The summed E-state index contributed by atoms with van der Waals surface area (Å²) in [5.74, 6) is -0.786. The van der Waals surface area contributed by atoms with Crippen LogP contribution in [0.15, 0.2) is 44.9 Å². The minimum absolute atomic E-state index is 0.0452. The molecule has 0 unspecified atom stereocenters. The number of pyridine rings is 1. The van der Waals surface area contributed by atoms with Crippen molar-refractivity contribution in [3.63, 3.8) is 0 Å². The number of aryl methyl sites for hydroxylation is 2. The number of nitrogens with two attached hydrogens (primary N) is 1. The molecule has 9 nitrogen and oxygen atoms in total. The lowest BCUT2D eigenvalue weighted by Gasteiger charge is -2.12. The number of amides is 2. The molecule has 0 aliphatic carbocycles. The molecule has 0 saturated carbocycles. The molecule has 1 aromatic carbocycles. The summed E-state index contributed by atoms with van der Waals surface area (Å²) in [5.41, 5.74) is 6.15. The highest BCUT2D eigenvalue weighted by molar-refractivity contribution is 8.00. The second-order valence-electron chi connectivity index (χ2n) is 6.45. The maximum absolute atomic E-state index is 12.7. The molecule has 0 aliphatic rings. The van der Waals surface area contributed by atoms with Crippen molar-refractivity contribution in [2.45, 2.75) is 11.8 Å². The fraction of sp³-hybridized carbons (Fsp3) is 0.211. The number of thioether (sulfide) groups is 1. The molecule has 0 saturated heterocycles. The van der Waals surface area contributed by atoms with Crippen LogP contribution in [0.1, 0.15) is 15.9 Å². The van der Waals surface area contributed by atoms with E-state index in [0.717, 1.165) is 10.1 Å².